The van der Waals surface area contributed by atoms with Crippen LogP contribution in [0.2, 0.25) is 0 Å². The molecular weight excluding hydrogens is 220 g/mol. The second-order valence-corrected chi connectivity index (χ2v) is 3.78. The average molecular weight is 238 g/mol. The third kappa shape index (κ3) is 4.32. The summed E-state index contributed by atoms with van der Waals surface area (Å²) < 4.78 is 5.29. The predicted octanol–water partition coefficient (Wildman–Crippen LogP) is 0.778. The van der Waals surface area contributed by atoms with Gasteiger partial charge in [0.1, 0.15) is 5.75 Å². The monoisotopic (exact) mass is 238 g/mol. The van der Waals surface area contributed by atoms with Crippen LogP contribution in [0.1, 0.15) is 24.2 Å². The number of ether oxygens (including phenoxy) is 1. The highest BCUT2D eigenvalue weighted by Gasteiger charge is 2.09. The third-order valence-electron chi connectivity index (χ3n) is 2.06. The van der Waals surface area contributed by atoms with Crippen molar-refractivity contribution in [2.45, 2.75) is 20.0 Å². The van der Waals surface area contributed by atoms with Crippen molar-refractivity contribution in [1.82, 2.24) is 5.32 Å². The Morgan fingerprint density at radius 2 is 2.24 bits per heavy atom. The van der Waals surface area contributed by atoms with Crippen LogP contribution in [0, 0.1) is 0 Å². The van der Waals surface area contributed by atoms with Crippen molar-refractivity contribution in [1.29, 1.82) is 0 Å². The SMILES string of the molecule is CCOc1cc(N)cc(C(=O)NC[C@H](C)O)c1. The molecule has 0 heterocycles. The smallest absolute Gasteiger partial charge is 0.251 e. The normalized spacial score (nSPS) is 11.9. The summed E-state index contributed by atoms with van der Waals surface area (Å²) in [5.41, 5.74) is 6.57. The van der Waals surface area contributed by atoms with E-state index in [2.05, 4.69) is 5.32 Å². The number of nitrogens with one attached hydrogen (secondary N) is 1. The summed E-state index contributed by atoms with van der Waals surface area (Å²) in [6.45, 7) is 4.18. The van der Waals surface area contributed by atoms with E-state index < -0.39 is 6.10 Å². The van der Waals surface area contributed by atoms with Crippen LogP contribution >= 0.6 is 0 Å². The number of aliphatic hydroxyl groups excluding tert-OH is 1. The van der Waals surface area contributed by atoms with E-state index in [1.54, 1.807) is 25.1 Å². The summed E-state index contributed by atoms with van der Waals surface area (Å²) >= 11 is 0. The quantitative estimate of drug-likeness (QED) is 0.662. The molecule has 0 fully saturated rings. The van der Waals surface area contributed by atoms with Gasteiger partial charge in [0.25, 0.3) is 5.91 Å². The minimum absolute atomic E-state index is 0.206. The molecule has 1 amide bonds. The van der Waals surface area contributed by atoms with Crippen LogP contribution in [0.4, 0.5) is 5.69 Å². The molecule has 1 rings (SSSR count). The standard InChI is InChI=1S/C12H18N2O3/c1-3-17-11-5-9(4-10(13)6-11)12(16)14-7-8(2)15/h4-6,8,15H,3,7,13H2,1-2H3,(H,14,16)/t8-/m0/s1. The Labute approximate surface area is 101 Å². The highest BCUT2D eigenvalue weighted by atomic mass is 16.5. The summed E-state index contributed by atoms with van der Waals surface area (Å²) in [6.07, 6.45) is -0.577. The number of aliphatic hydroxyl groups is 1. The highest BCUT2D eigenvalue weighted by Crippen LogP contribution is 2.18. The first kappa shape index (κ1) is 13.3. The molecule has 0 radical (unpaired) electrons. The lowest BCUT2D eigenvalue weighted by Gasteiger charge is -2.10. The maximum absolute atomic E-state index is 11.7. The predicted molar refractivity (Wildman–Crippen MR) is 66.0 cm³/mol. The summed E-state index contributed by atoms with van der Waals surface area (Å²) in [5.74, 6) is 0.286. The van der Waals surface area contributed by atoms with Gasteiger partial charge in [0, 0.05) is 23.9 Å². The molecule has 1 atom stereocenters. The zero-order valence-electron chi connectivity index (χ0n) is 10.1. The van der Waals surface area contributed by atoms with Crippen molar-refractivity contribution < 1.29 is 14.6 Å². The lowest BCUT2D eigenvalue weighted by molar-refractivity contribution is 0.0923. The number of benzene rings is 1. The minimum atomic E-state index is -0.577. The molecule has 0 unspecified atom stereocenters. The molecule has 0 spiro atoms. The zero-order valence-corrected chi connectivity index (χ0v) is 10.1. The van der Waals surface area contributed by atoms with Crippen LogP contribution in [-0.4, -0.2) is 30.3 Å². The molecule has 0 aliphatic heterocycles. The Kier molecular flexibility index (Phi) is 4.78. The Morgan fingerprint density at radius 3 is 2.82 bits per heavy atom. The molecular formula is C12H18N2O3. The van der Waals surface area contributed by atoms with Crippen LogP contribution in [-0.2, 0) is 0 Å². The summed E-state index contributed by atoms with van der Waals surface area (Å²) in [7, 11) is 0. The summed E-state index contributed by atoms with van der Waals surface area (Å²) in [6, 6.07) is 4.85. The highest BCUT2D eigenvalue weighted by molar-refractivity contribution is 5.95. The van der Waals surface area contributed by atoms with E-state index in [-0.39, 0.29) is 12.5 Å². The third-order valence-corrected chi connectivity index (χ3v) is 2.06. The van der Waals surface area contributed by atoms with Crippen molar-refractivity contribution in [2.24, 2.45) is 0 Å². The summed E-state index contributed by atoms with van der Waals surface area (Å²) in [5, 5.41) is 11.7. The lowest BCUT2D eigenvalue weighted by atomic mass is 10.1. The van der Waals surface area contributed by atoms with E-state index in [0.717, 1.165) is 0 Å². The number of carbonyl (C=O) groups excluding carboxylic acids is 1. The van der Waals surface area contributed by atoms with Crippen molar-refractivity contribution in [3.63, 3.8) is 0 Å². The second kappa shape index (κ2) is 6.10. The Balaban J connectivity index is 2.78. The van der Waals surface area contributed by atoms with Gasteiger partial charge in [-0.15, -0.1) is 0 Å². The zero-order chi connectivity index (χ0) is 12.8. The molecule has 1 aromatic rings. The van der Waals surface area contributed by atoms with Gasteiger partial charge in [0.15, 0.2) is 0 Å². The first-order valence-corrected chi connectivity index (χ1v) is 5.52. The van der Waals surface area contributed by atoms with Gasteiger partial charge in [-0.25, -0.2) is 0 Å². The molecule has 1 aromatic carbocycles. The number of hydrogen-bond acceptors (Lipinski definition) is 4. The van der Waals surface area contributed by atoms with Crippen LogP contribution in [0.5, 0.6) is 5.75 Å². The lowest BCUT2D eigenvalue weighted by Crippen LogP contribution is -2.30. The largest absolute Gasteiger partial charge is 0.494 e. The van der Waals surface area contributed by atoms with Crippen LogP contribution < -0.4 is 15.8 Å². The van der Waals surface area contributed by atoms with Gasteiger partial charge in [0.05, 0.1) is 12.7 Å². The molecule has 0 saturated carbocycles. The number of amides is 1. The van der Waals surface area contributed by atoms with Crippen molar-refractivity contribution >= 4 is 11.6 Å². The number of carbonyl (C=O) groups is 1. The topological polar surface area (TPSA) is 84.6 Å². The van der Waals surface area contributed by atoms with Gasteiger partial charge in [-0.2, -0.15) is 0 Å². The van der Waals surface area contributed by atoms with E-state index in [4.69, 9.17) is 15.6 Å². The molecule has 4 N–H and O–H groups in total. The van der Waals surface area contributed by atoms with Crippen molar-refractivity contribution in [3.8, 4) is 5.75 Å². The van der Waals surface area contributed by atoms with E-state index in [9.17, 15) is 4.79 Å². The maximum atomic E-state index is 11.7. The minimum Gasteiger partial charge on any atom is -0.494 e. The van der Waals surface area contributed by atoms with Gasteiger partial charge in [-0.3, -0.25) is 4.79 Å². The molecule has 5 nitrogen and oxygen atoms in total. The Hall–Kier alpha value is -1.75. The van der Waals surface area contributed by atoms with Gasteiger partial charge < -0.3 is 20.9 Å². The molecule has 0 aliphatic carbocycles. The number of rotatable bonds is 5. The number of hydrogen-bond donors (Lipinski definition) is 3. The average Bonchev–Trinajstić information content (AvgIpc) is 2.25. The fraction of sp³-hybridized carbons (Fsp3) is 0.417. The van der Waals surface area contributed by atoms with E-state index in [1.165, 1.54) is 0 Å². The fourth-order valence-corrected chi connectivity index (χ4v) is 1.35. The van der Waals surface area contributed by atoms with Crippen LogP contribution in [0.25, 0.3) is 0 Å². The first-order valence-electron chi connectivity index (χ1n) is 5.52. The molecule has 0 aromatic heterocycles. The van der Waals surface area contributed by atoms with Gasteiger partial charge in [-0.1, -0.05) is 0 Å². The number of nitrogens with two attached hydrogens (primary N) is 1. The first-order chi connectivity index (χ1) is 8.02. The van der Waals surface area contributed by atoms with Gasteiger partial charge >= 0.3 is 0 Å². The van der Waals surface area contributed by atoms with Crippen molar-refractivity contribution in [3.05, 3.63) is 23.8 Å². The summed E-state index contributed by atoms with van der Waals surface area (Å²) in [4.78, 5) is 11.7. The van der Waals surface area contributed by atoms with E-state index in [0.29, 0.717) is 23.6 Å². The van der Waals surface area contributed by atoms with E-state index >= 15 is 0 Å². The van der Waals surface area contributed by atoms with Crippen molar-refractivity contribution in [2.75, 3.05) is 18.9 Å². The second-order valence-electron chi connectivity index (χ2n) is 3.78. The Bertz CT molecular complexity index is 391. The van der Waals surface area contributed by atoms with Crippen LogP contribution in [0.15, 0.2) is 18.2 Å². The molecule has 0 saturated heterocycles. The molecule has 5 heteroatoms. The molecule has 0 aliphatic rings. The fourth-order valence-electron chi connectivity index (χ4n) is 1.35. The van der Waals surface area contributed by atoms with Gasteiger partial charge in [-0.05, 0) is 26.0 Å². The van der Waals surface area contributed by atoms with Crippen LogP contribution in [0.3, 0.4) is 0 Å². The number of nitrogen functional groups attached to an aromatic ring is 1. The molecule has 17 heavy (non-hydrogen) atoms. The molecule has 94 valence electrons. The molecule has 0 bridgehead atoms. The number of anilines is 1. The maximum Gasteiger partial charge on any atom is 0.251 e. The van der Waals surface area contributed by atoms with E-state index in [1.807, 2.05) is 6.92 Å². The van der Waals surface area contributed by atoms with Gasteiger partial charge in [0.2, 0.25) is 0 Å². The Morgan fingerprint density at radius 1 is 1.53 bits per heavy atom.